The van der Waals surface area contributed by atoms with Crippen LogP contribution in [0.15, 0.2) is 18.2 Å². The van der Waals surface area contributed by atoms with Gasteiger partial charge in [-0.15, -0.1) is 0 Å². The minimum Gasteiger partial charge on any atom is -0.508 e. The molecule has 0 bridgehead atoms. The first-order chi connectivity index (χ1) is 9.58. The van der Waals surface area contributed by atoms with Crippen LogP contribution in [-0.4, -0.2) is 11.1 Å². The van der Waals surface area contributed by atoms with Gasteiger partial charge in [0.15, 0.2) is 0 Å². The zero-order valence-electron chi connectivity index (χ0n) is 12.5. The molecule has 1 aliphatic carbocycles. The minimum absolute atomic E-state index is 0.0360. The SMILES string of the molecule is CC(N[C@H](C)C1CCCCCC1)c1ccc(F)cc1O. The summed E-state index contributed by atoms with van der Waals surface area (Å²) in [6.45, 7) is 4.26. The van der Waals surface area contributed by atoms with Crippen molar-refractivity contribution in [3.8, 4) is 5.75 Å². The van der Waals surface area contributed by atoms with Gasteiger partial charge in [-0.3, -0.25) is 0 Å². The van der Waals surface area contributed by atoms with Crippen LogP contribution < -0.4 is 5.32 Å². The van der Waals surface area contributed by atoms with Crippen LogP contribution in [0.4, 0.5) is 4.39 Å². The Bertz CT molecular complexity index is 427. The summed E-state index contributed by atoms with van der Waals surface area (Å²) in [5.74, 6) is 0.357. The highest BCUT2D eigenvalue weighted by Gasteiger charge is 2.21. The normalized spacial score (nSPS) is 20.4. The second kappa shape index (κ2) is 7.07. The number of halogens is 1. The summed E-state index contributed by atoms with van der Waals surface area (Å²) in [5.41, 5.74) is 0.770. The fourth-order valence-electron chi connectivity index (χ4n) is 3.31. The van der Waals surface area contributed by atoms with Crippen molar-refractivity contribution in [1.82, 2.24) is 5.32 Å². The van der Waals surface area contributed by atoms with Crippen LogP contribution in [0.3, 0.4) is 0 Å². The Morgan fingerprint density at radius 3 is 2.40 bits per heavy atom. The van der Waals surface area contributed by atoms with Crippen molar-refractivity contribution in [1.29, 1.82) is 0 Å². The lowest BCUT2D eigenvalue weighted by atomic mass is 9.92. The van der Waals surface area contributed by atoms with E-state index in [2.05, 4.69) is 12.2 Å². The number of rotatable bonds is 4. The van der Waals surface area contributed by atoms with Crippen LogP contribution >= 0.6 is 0 Å². The molecule has 1 fully saturated rings. The molecule has 2 rings (SSSR count). The summed E-state index contributed by atoms with van der Waals surface area (Å²) in [5, 5.41) is 13.4. The quantitative estimate of drug-likeness (QED) is 0.793. The van der Waals surface area contributed by atoms with Crippen LogP contribution in [0.1, 0.15) is 64.0 Å². The van der Waals surface area contributed by atoms with Crippen LogP contribution in [0.25, 0.3) is 0 Å². The van der Waals surface area contributed by atoms with Crippen molar-refractivity contribution >= 4 is 0 Å². The summed E-state index contributed by atoms with van der Waals surface area (Å²) >= 11 is 0. The number of phenols is 1. The summed E-state index contributed by atoms with van der Waals surface area (Å²) in [4.78, 5) is 0. The molecular weight excluding hydrogens is 253 g/mol. The lowest BCUT2D eigenvalue weighted by Crippen LogP contribution is -2.35. The van der Waals surface area contributed by atoms with Crippen molar-refractivity contribution in [2.45, 2.75) is 64.5 Å². The lowest BCUT2D eigenvalue weighted by molar-refractivity contribution is 0.313. The molecule has 112 valence electrons. The van der Waals surface area contributed by atoms with Gasteiger partial charge >= 0.3 is 0 Å². The van der Waals surface area contributed by atoms with Gasteiger partial charge in [-0.2, -0.15) is 0 Å². The highest BCUT2D eigenvalue weighted by atomic mass is 19.1. The second-order valence-corrected chi connectivity index (χ2v) is 6.13. The molecular formula is C17H26FNO. The fourth-order valence-corrected chi connectivity index (χ4v) is 3.31. The van der Waals surface area contributed by atoms with E-state index in [1.54, 1.807) is 6.07 Å². The van der Waals surface area contributed by atoms with E-state index in [-0.39, 0.29) is 11.8 Å². The predicted molar refractivity (Wildman–Crippen MR) is 80.3 cm³/mol. The van der Waals surface area contributed by atoms with Crippen molar-refractivity contribution in [2.75, 3.05) is 0 Å². The third kappa shape index (κ3) is 3.95. The van der Waals surface area contributed by atoms with Crippen molar-refractivity contribution in [3.05, 3.63) is 29.6 Å². The average molecular weight is 279 g/mol. The van der Waals surface area contributed by atoms with Crippen molar-refractivity contribution in [2.24, 2.45) is 5.92 Å². The Kier molecular flexibility index (Phi) is 5.41. The summed E-state index contributed by atoms with van der Waals surface area (Å²) < 4.78 is 13.0. The molecule has 2 N–H and O–H groups in total. The topological polar surface area (TPSA) is 32.3 Å². The monoisotopic (exact) mass is 279 g/mol. The third-order valence-electron chi connectivity index (χ3n) is 4.58. The maximum absolute atomic E-state index is 13.0. The molecule has 20 heavy (non-hydrogen) atoms. The van der Waals surface area contributed by atoms with E-state index >= 15 is 0 Å². The molecule has 1 saturated carbocycles. The molecule has 0 amide bonds. The van der Waals surface area contributed by atoms with Gasteiger partial charge in [0.25, 0.3) is 0 Å². The lowest BCUT2D eigenvalue weighted by Gasteiger charge is -2.27. The molecule has 0 spiro atoms. The molecule has 0 heterocycles. The minimum atomic E-state index is -0.393. The molecule has 0 aromatic heterocycles. The number of phenolic OH excluding ortho intramolecular Hbond substituents is 1. The molecule has 2 atom stereocenters. The molecule has 0 radical (unpaired) electrons. The number of hydrogen-bond donors (Lipinski definition) is 2. The van der Waals surface area contributed by atoms with E-state index in [0.29, 0.717) is 12.0 Å². The first kappa shape index (κ1) is 15.3. The molecule has 3 heteroatoms. The highest BCUT2D eigenvalue weighted by molar-refractivity contribution is 5.34. The van der Waals surface area contributed by atoms with Crippen LogP contribution in [0.5, 0.6) is 5.75 Å². The maximum Gasteiger partial charge on any atom is 0.126 e. The van der Waals surface area contributed by atoms with Gasteiger partial charge in [0.2, 0.25) is 0 Å². The molecule has 1 aromatic carbocycles. The third-order valence-corrected chi connectivity index (χ3v) is 4.58. The standard InChI is InChI=1S/C17H26FNO/c1-12(14-7-5-3-4-6-8-14)19-13(2)16-10-9-15(18)11-17(16)20/h9-14,19-20H,3-8H2,1-2H3/t12-,13?/m1/s1. The molecule has 0 saturated heterocycles. The van der Waals surface area contributed by atoms with Crippen molar-refractivity contribution in [3.63, 3.8) is 0 Å². The molecule has 1 unspecified atom stereocenters. The Morgan fingerprint density at radius 1 is 1.15 bits per heavy atom. The van der Waals surface area contributed by atoms with E-state index in [1.807, 2.05) is 6.92 Å². The van der Waals surface area contributed by atoms with Crippen molar-refractivity contribution < 1.29 is 9.50 Å². The highest BCUT2D eigenvalue weighted by Crippen LogP contribution is 2.29. The Balaban J connectivity index is 1.97. The Morgan fingerprint density at radius 2 is 1.80 bits per heavy atom. The van der Waals surface area contributed by atoms with E-state index in [0.717, 1.165) is 5.56 Å². The van der Waals surface area contributed by atoms with Gasteiger partial charge in [-0.1, -0.05) is 31.7 Å². The summed E-state index contributed by atoms with van der Waals surface area (Å²) in [7, 11) is 0. The Labute approximate surface area is 121 Å². The van der Waals surface area contributed by atoms with Gasteiger partial charge in [0.05, 0.1) is 0 Å². The van der Waals surface area contributed by atoms with Gasteiger partial charge in [-0.05, 0) is 38.7 Å². The molecule has 2 nitrogen and oxygen atoms in total. The summed E-state index contributed by atoms with van der Waals surface area (Å²) in [6, 6.07) is 4.72. The number of hydrogen-bond acceptors (Lipinski definition) is 2. The average Bonchev–Trinajstić information content (AvgIpc) is 2.67. The van der Waals surface area contributed by atoms with E-state index in [1.165, 1.54) is 50.7 Å². The van der Waals surface area contributed by atoms with Gasteiger partial charge in [0.1, 0.15) is 11.6 Å². The predicted octanol–water partition coefficient (Wildman–Crippen LogP) is 4.54. The van der Waals surface area contributed by atoms with Gasteiger partial charge < -0.3 is 10.4 Å². The van der Waals surface area contributed by atoms with E-state index in [9.17, 15) is 9.50 Å². The largest absolute Gasteiger partial charge is 0.508 e. The number of benzene rings is 1. The van der Waals surface area contributed by atoms with E-state index in [4.69, 9.17) is 0 Å². The van der Waals surface area contributed by atoms with Gasteiger partial charge in [-0.25, -0.2) is 4.39 Å². The van der Waals surface area contributed by atoms with Crippen LogP contribution in [0.2, 0.25) is 0 Å². The molecule has 0 aliphatic heterocycles. The number of aromatic hydroxyl groups is 1. The van der Waals surface area contributed by atoms with Crippen LogP contribution in [-0.2, 0) is 0 Å². The molecule has 1 aromatic rings. The summed E-state index contributed by atoms with van der Waals surface area (Å²) in [6.07, 6.45) is 7.95. The molecule has 1 aliphatic rings. The first-order valence-corrected chi connectivity index (χ1v) is 7.82. The first-order valence-electron chi connectivity index (χ1n) is 7.82. The van der Waals surface area contributed by atoms with E-state index < -0.39 is 5.82 Å². The fraction of sp³-hybridized carbons (Fsp3) is 0.647. The smallest absolute Gasteiger partial charge is 0.126 e. The van der Waals surface area contributed by atoms with Gasteiger partial charge in [0, 0.05) is 23.7 Å². The zero-order chi connectivity index (χ0) is 14.5. The van der Waals surface area contributed by atoms with Crippen LogP contribution in [0, 0.1) is 11.7 Å². The Hall–Kier alpha value is -1.09. The number of nitrogens with one attached hydrogen (secondary N) is 1. The maximum atomic E-state index is 13.0. The second-order valence-electron chi connectivity index (χ2n) is 6.13. The zero-order valence-corrected chi connectivity index (χ0v) is 12.5.